The molecule has 0 atom stereocenters. The highest BCUT2D eigenvalue weighted by Crippen LogP contribution is 2.11. The summed E-state index contributed by atoms with van der Waals surface area (Å²) in [7, 11) is 0. The van der Waals surface area contributed by atoms with Gasteiger partial charge in [0.15, 0.2) is 5.78 Å². The zero-order valence-corrected chi connectivity index (χ0v) is 15.7. The zero-order chi connectivity index (χ0) is 14.1. The Balaban J connectivity index is 0.00000361. The van der Waals surface area contributed by atoms with Gasteiger partial charge >= 0.3 is 0 Å². The van der Waals surface area contributed by atoms with Crippen molar-refractivity contribution in [2.24, 2.45) is 0 Å². The van der Waals surface area contributed by atoms with Crippen LogP contribution in [0.3, 0.4) is 0 Å². The third kappa shape index (κ3) is 7.55. The predicted molar refractivity (Wildman–Crippen MR) is 95.1 cm³/mol. The average Bonchev–Trinajstić information content (AvgIpc) is 2.42. The topological polar surface area (TPSA) is 20.3 Å². The lowest BCUT2D eigenvalue weighted by molar-refractivity contribution is 0.0928. The molecule has 4 heteroatoms. The lowest BCUT2D eigenvalue weighted by atomic mass is 10.1. The number of hydrogen-bond donors (Lipinski definition) is 0. The van der Waals surface area contributed by atoms with Gasteiger partial charge in [-0.2, -0.15) is 0 Å². The van der Waals surface area contributed by atoms with Crippen LogP contribution < -0.4 is 0 Å². The summed E-state index contributed by atoms with van der Waals surface area (Å²) in [6.45, 7) is 6.97. The highest BCUT2D eigenvalue weighted by Gasteiger charge is 2.11. The third-order valence-electron chi connectivity index (χ3n) is 3.19. The number of carbonyl (C=O) groups excluding carboxylic acids is 1. The Labute approximate surface area is 141 Å². The first-order valence-corrected chi connectivity index (χ1v) is 7.97. The summed E-state index contributed by atoms with van der Waals surface area (Å²) in [5, 5.41) is 0. The predicted octanol–water partition coefficient (Wildman–Crippen LogP) is 5.11. The fourth-order valence-electron chi connectivity index (χ4n) is 1.96. The van der Waals surface area contributed by atoms with Crippen molar-refractivity contribution >= 4 is 38.7 Å². The van der Waals surface area contributed by atoms with E-state index in [1.165, 1.54) is 12.8 Å². The number of ketones is 1. The van der Waals surface area contributed by atoms with Crippen LogP contribution in [0.5, 0.6) is 0 Å². The quantitative estimate of drug-likeness (QED) is 0.531. The van der Waals surface area contributed by atoms with E-state index in [2.05, 4.69) is 34.7 Å². The van der Waals surface area contributed by atoms with Crippen molar-refractivity contribution in [1.82, 2.24) is 4.90 Å². The fraction of sp³-hybridized carbons (Fsp3) is 0.562. The van der Waals surface area contributed by atoms with Crippen LogP contribution >= 0.6 is 32.9 Å². The lowest BCUT2D eigenvalue weighted by Crippen LogP contribution is -2.31. The molecule has 0 fully saturated rings. The molecule has 20 heavy (non-hydrogen) atoms. The largest absolute Gasteiger partial charge is 0.296 e. The SMILES string of the molecule is Br.CCCCN(CCCC)CC(=O)c1ccc(Br)cc1. The minimum atomic E-state index is 0. The molecule has 0 saturated heterocycles. The Morgan fingerprint density at radius 1 is 1.05 bits per heavy atom. The Morgan fingerprint density at radius 3 is 2.00 bits per heavy atom. The van der Waals surface area contributed by atoms with Gasteiger partial charge in [-0.05, 0) is 38.1 Å². The smallest absolute Gasteiger partial charge is 0.176 e. The van der Waals surface area contributed by atoms with Crippen molar-refractivity contribution in [3.63, 3.8) is 0 Å². The van der Waals surface area contributed by atoms with Crippen LogP contribution in [0.1, 0.15) is 49.9 Å². The molecular formula is C16H25Br2NO. The van der Waals surface area contributed by atoms with Crippen LogP contribution in [0.15, 0.2) is 28.7 Å². The summed E-state index contributed by atoms with van der Waals surface area (Å²) in [5.41, 5.74) is 0.807. The standard InChI is InChI=1S/C16H24BrNO.BrH/c1-3-5-11-18(12-6-4-2)13-16(19)14-7-9-15(17)10-8-14;/h7-10H,3-6,11-13H2,1-2H3;1H. The molecule has 0 heterocycles. The molecule has 0 spiro atoms. The second-order valence-corrected chi connectivity index (χ2v) is 5.83. The number of Topliss-reactive ketones (excluding diaryl/α,β-unsaturated/α-hetero) is 1. The van der Waals surface area contributed by atoms with Crippen LogP contribution in [0.2, 0.25) is 0 Å². The van der Waals surface area contributed by atoms with Gasteiger partial charge in [-0.1, -0.05) is 54.8 Å². The molecule has 0 aliphatic rings. The van der Waals surface area contributed by atoms with E-state index in [1.54, 1.807) is 0 Å². The molecule has 0 saturated carbocycles. The molecule has 0 unspecified atom stereocenters. The first-order valence-electron chi connectivity index (χ1n) is 7.18. The van der Waals surface area contributed by atoms with Crippen molar-refractivity contribution in [1.29, 1.82) is 0 Å². The lowest BCUT2D eigenvalue weighted by Gasteiger charge is -2.21. The van der Waals surface area contributed by atoms with E-state index in [1.807, 2.05) is 24.3 Å². The molecular weight excluding hydrogens is 382 g/mol. The monoisotopic (exact) mass is 405 g/mol. The Morgan fingerprint density at radius 2 is 1.55 bits per heavy atom. The molecule has 1 aromatic rings. The first-order chi connectivity index (χ1) is 9.17. The molecule has 1 rings (SSSR count). The zero-order valence-electron chi connectivity index (χ0n) is 12.4. The summed E-state index contributed by atoms with van der Waals surface area (Å²) in [5.74, 6) is 0.222. The van der Waals surface area contributed by atoms with Crippen LogP contribution in [0.4, 0.5) is 0 Å². The van der Waals surface area contributed by atoms with Crippen LogP contribution in [-0.2, 0) is 0 Å². The van der Waals surface area contributed by atoms with Crippen LogP contribution in [-0.4, -0.2) is 30.3 Å². The Hall–Kier alpha value is -0.190. The van der Waals surface area contributed by atoms with Crippen molar-refractivity contribution in [2.45, 2.75) is 39.5 Å². The van der Waals surface area contributed by atoms with E-state index < -0.39 is 0 Å². The summed E-state index contributed by atoms with van der Waals surface area (Å²) >= 11 is 3.39. The molecule has 0 N–H and O–H groups in total. The molecule has 2 nitrogen and oxygen atoms in total. The second kappa shape index (κ2) is 11.5. The second-order valence-electron chi connectivity index (χ2n) is 4.91. The normalized spacial score (nSPS) is 10.4. The Kier molecular flexibility index (Phi) is 11.4. The van der Waals surface area contributed by atoms with Crippen LogP contribution in [0.25, 0.3) is 0 Å². The number of halogens is 2. The molecule has 0 radical (unpaired) electrons. The number of rotatable bonds is 9. The molecule has 0 bridgehead atoms. The van der Waals surface area contributed by atoms with Gasteiger partial charge in [-0.3, -0.25) is 9.69 Å². The summed E-state index contributed by atoms with van der Waals surface area (Å²) in [6.07, 6.45) is 4.68. The van der Waals surface area contributed by atoms with Crippen LogP contribution in [0, 0.1) is 0 Å². The van der Waals surface area contributed by atoms with Crippen molar-refractivity contribution in [3.8, 4) is 0 Å². The molecule has 0 aromatic heterocycles. The van der Waals surface area contributed by atoms with Gasteiger partial charge in [0.1, 0.15) is 0 Å². The highest BCUT2D eigenvalue weighted by atomic mass is 79.9. The number of hydrogen-bond acceptors (Lipinski definition) is 2. The van der Waals surface area contributed by atoms with Gasteiger partial charge in [0.05, 0.1) is 6.54 Å². The van der Waals surface area contributed by atoms with E-state index >= 15 is 0 Å². The fourth-order valence-corrected chi connectivity index (χ4v) is 2.23. The molecule has 114 valence electrons. The number of nitrogens with zero attached hydrogens (tertiary/aromatic N) is 1. The highest BCUT2D eigenvalue weighted by molar-refractivity contribution is 9.10. The molecule has 0 aliphatic carbocycles. The molecule has 1 aromatic carbocycles. The number of unbranched alkanes of at least 4 members (excludes halogenated alkanes) is 2. The summed E-state index contributed by atoms with van der Waals surface area (Å²) < 4.78 is 1.01. The average molecular weight is 407 g/mol. The van der Waals surface area contributed by atoms with E-state index in [0.29, 0.717) is 6.54 Å². The van der Waals surface area contributed by atoms with Crippen molar-refractivity contribution in [3.05, 3.63) is 34.3 Å². The molecule has 0 amide bonds. The Bertz CT molecular complexity index is 371. The maximum atomic E-state index is 12.2. The van der Waals surface area contributed by atoms with E-state index in [4.69, 9.17) is 0 Å². The van der Waals surface area contributed by atoms with E-state index in [9.17, 15) is 4.79 Å². The minimum Gasteiger partial charge on any atom is -0.296 e. The number of benzene rings is 1. The van der Waals surface area contributed by atoms with Gasteiger partial charge in [0.25, 0.3) is 0 Å². The minimum absolute atomic E-state index is 0. The summed E-state index contributed by atoms with van der Waals surface area (Å²) in [6, 6.07) is 7.64. The van der Waals surface area contributed by atoms with Crippen molar-refractivity contribution < 1.29 is 4.79 Å². The van der Waals surface area contributed by atoms with Gasteiger partial charge in [-0.25, -0.2) is 0 Å². The molecule has 0 aliphatic heterocycles. The van der Waals surface area contributed by atoms with Gasteiger partial charge in [-0.15, -0.1) is 17.0 Å². The van der Waals surface area contributed by atoms with E-state index in [0.717, 1.165) is 36.0 Å². The third-order valence-corrected chi connectivity index (χ3v) is 3.72. The maximum Gasteiger partial charge on any atom is 0.176 e. The maximum absolute atomic E-state index is 12.2. The number of carbonyl (C=O) groups is 1. The summed E-state index contributed by atoms with van der Waals surface area (Å²) in [4.78, 5) is 14.5. The van der Waals surface area contributed by atoms with Gasteiger partial charge in [0.2, 0.25) is 0 Å². The first kappa shape index (κ1) is 19.8. The van der Waals surface area contributed by atoms with Crippen molar-refractivity contribution in [2.75, 3.05) is 19.6 Å². The van der Waals surface area contributed by atoms with Gasteiger partial charge < -0.3 is 0 Å². The van der Waals surface area contributed by atoms with Gasteiger partial charge in [0, 0.05) is 10.0 Å². The van der Waals surface area contributed by atoms with E-state index in [-0.39, 0.29) is 22.8 Å².